The smallest absolute Gasteiger partial charge is 0.312 e. The van der Waals surface area contributed by atoms with Gasteiger partial charge in [-0.2, -0.15) is 0 Å². The molecule has 192 valence electrons. The number of hydrogen-bond donors (Lipinski definition) is 1. The van der Waals surface area contributed by atoms with Crippen LogP contribution in [-0.4, -0.2) is 61.0 Å². The number of nitrogens with zero attached hydrogens (tertiary/aromatic N) is 1. The zero-order valence-corrected chi connectivity index (χ0v) is 20.7. The summed E-state index contributed by atoms with van der Waals surface area (Å²) in [4.78, 5) is 39.9. The number of benzene rings is 1. The Kier molecular flexibility index (Phi) is 8.45. The Morgan fingerprint density at radius 1 is 1.11 bits per heavy atom. The second kappa shape index (κ2) is 11.4. The summed E-state index contributed by atoms with van der Waals surface area (Å²) < 4.78 is 24.2. The van der Waals surface area contributed by atoms with Gasteiger partial charge in [0, 0.05) is 18.1 Å². The van der Waals surface area contributed by atoms with E-state index < -0.39 is 17.3 Å². The summed E-state index contributed by atoms with van der Waals surface area (Å²) >= 11 is 6.07. The number of carbonyl (C=O) groups excluding carboxylic acids is 3. The van der Waals surface area contributed by atoms with Gasteiger partial charge >= 0.3 is 5.97 Å². The van der Waals surface area contributed by atoms with Gasteiger partial charge in [0.05, 0.1) is 17.5 Å². The van der Waals surface area contributed by atoms with Crippen LogP contribution >= 0.6 is 11.6 Å². The predicted molar refractivity (Wildman–Crippen MR) is 128 cm³/mol. The minimum Gasteiger partial charge on any atom is -0.449 e. The number of ether oxygens (including phenoxy) is 2. The Hall–Kier alpha value is -2.03. The fourth-order valence-electron chi connectivity index (χ4n) is 5.52. The van der Waals surface area contributed by atoms with Crippen molar-refractivity contribution in [3.63, 3.8) is 0 Å². The highest BCUT2D eigenvalue weighted by Gasteiger charge is 2.45. The number of likely N-dealkylation sites (tertiary alicyclic amines) is 1. The molecular formula is C26H34ClFN2O5. The number of amides is 1. The van der Waals surface area contributed by atoms with Gasteiger partial charge in [-0.3, -0.25) is 14.4 Å². The van der Waals surface area contributed by atoms with Gasteiger partial charge in [0.2, 0.25) is 0 Å². The maximum Gasteiger partial charge on any atom is 0.312 e. The number of nitrogens with two attached hydrogens (primary N) is 1. The van der Waals surface area contributed by atoms with E-state index in [4.69, 9.17) is 26.8 Å². The van der Waals surface area contributed by atoms with Crippen LogP contribution in [0.1, 0.15) is 61.7 Å². The molecule has 2 saturated heterocycles. The van der Waals surface area contributed by atoms with E-state index in [-0.39, 0.29) is 28.6 Å². The maximum atomic E-state index is 13.3. The number of piperidine rings is 1. The van der Waals surface area contributed by atoms with Gasteiger partial charge in [-0.15, -0.1) is 0 Å². The molecule has 7 nitrogen and oxygen atoms in total. The zero-order chi connectivity index (χ0) is 25.0. The Morgan fingerprint density at radius 3 is 2.43 bits per heavy atom. The molecular weight excluding hydrogens is 475 g/mol. The number of primary amides is 1. The van der Waals surface area contributed by atoms with Gasteiger partial charge in [0.15, 0.2) is 11.4 Å². The van der Waals surface area contributed by atoms with Gasteiger partial charge in [-0.1, -0.05) is 11.6 Å². The quantitative estimate of drug-likeness (QED) is 0.424. The average Bonchev–Trinajstić information content (AvgIpc) is 3.39. The number of Topliss-reactive ketones (excluding diaryl/α,β-unsaturated/α-hetero) is 1. The maximum absolute atomic E-state index is 13.3. The third kappa shape index (κ3) is 6.22. The molecule has 1 aliphatic carbocycles. The van der Waals surface area contributed by atoms with Crippen molar-refractivity contribution in [2.45, 2.75) is 57.0 Å². The van der Waals surface area contributed by atoms with Crippen LogP contribution in [0.3, 0.4) is 0 Å². The monoisotopic (exact) mass is 508 g/mol. The van der Waals surface area contributed by atoms with E-state index in [1.54, 1.807) is 0 Å². The molecule has 9 heteroatoms. The van der Waals surface area contributed by atoms with Crippen LogP contribution in [0.2, 0.25) is 5.02 Å². The lowest BCUT2D eigenvalue weighted by Gasteiger charge is -2.38. The zero-order valence-electron chi connectivity index (χ0n) is 20.0. The normalized spacial score (nSPS) is 28.1. The highest BCUT2D eigenvalue weighted by Crippen LogP contribution is 2.38. The standard InChI is InChI=1S/C26H34ClFN2O5/c27-22-15-20(28)1-2-21(22)23(31)18-6-12-30(13-7-18)11-5-17-3-9-26(10-4-17,25(29)33)35-24(32)19-8-14-34-16-19/h1-2,15,17-19H,3-14,16H2,(H2,29,33). The highest BCUT2D eigenvalue weighted by atomic mass is 35.5. The second-order valence-electron chi connectivity index (χ2n) is 10.2. The van der Waals surface area contributed by atoms with Gasteiger partial charge in [0.1, 0.15) is 5.82 Å². The Balaban J connectivity index is 1.21. The fraction of sp³-hybridized carbons (Fsp3) is 0.654. The molecule has 2 aliphatic heterocycles. The molecule has 3 aliphatic rings. The number of carbonyl (C=O) groups is 3. The topological polar surface area (TPSA) is 98.9 Å². The van der Waals surface area contributed by atoms with E-state index >= 15 is 0 Å². The number of rotatable bonds is 8. The SMILES string of the molecule is NC(=O)C1(OC(=O)C2CCOC2)CCC(CCN2CCC(C(=O)c3ccc(F)cc3Cl)CC2)CC1. The molecule has 4 rings (SSSR count). The van der Waals surface area contributed by atoms with E-state index in [1.807, 2.05) is 0 Å². The number of hydrogen-bond acceptors (Lipinski definition) is 6. The lowest BCUT2D eigenvalue weighted by Crippen LogP contribution is -2.51. The molecule has 3 fully saturated rings. The number of halogens is 2. The van der Waals surface area contributed by atoms with Gasteiger partial charge in [-0.25, -0.2) is 4.39 Å². The Labute approximate surface area is 210 Å². The van der Waals surface area contributed by atoms with Crippen LogP contribution in [-0.2, 0) is 19.1 Å². The molecule has 1 unspecified atom stereocenters. The third-order valence-corrected chi connectivity index (χ3v) is 8.24. The van der Waals surface area contributed by atoms with E-state index in [9.17, 15) is 18.8 Å². The third-order valence-electron chi connectivity index (χ3n) is 7.93. The summed E-state index contributed by atoms with van der Waals surface area (Å²) in [5, 5.41) is 0.170. The molecule has 0 aromatic heterocycles. The van der Waals surface area contributed by atoms with Crippen LogP contribution in [0.5, 0.6) is 0 Å². The van der Waals surface area contributed by atoms with Gasteiger partial charge < -0.3 is 20.1 Å². The summed E-state index contributed by atoms with van der Waals surface area (Å²) in [5.41, 5.74) is 4.87. The largest absolute Gasteiger partial charge is 0.449 e. The minimum atomic E-state index is -1.20. The fourth-order valence-corrected chi connectivity index (χ4v) is 5.78. The van der Waals surface area contributed by atoms with Crippen molar-refractivity contribution < 1.29 is 28.2 Å². The summed E-state index contributed by atoms with van der Waals surface area (Å²) in [6.07, 6.45) is 5.61. The lowest BCUT2D eigenvalue weighted by molar-refractivity contribution is -0.176. The van der Waals surface area contributed by atoms with Crippen LogP contribution in [0.25, 0.3) is 0 Å². The lowest BCUT2D eigenvalue weighted by atomic mass is 9.76. The molecule has 1 saturated carbocycles. The average molecular weight is 509 g/mol. The molecule has 1 atom stereocenters. The molecule has 2 heterocycles. The van der Waals surface area contributed by atoms with E-state index in [0.717, 1.165) is 51.7 Å². The van der Waals surface area contributed by atoms with Crippen molar-refractivity contribution in [2.24, 2.45) is 23.5 Å². The number of ketones is 1. The molecule has 35 heavy (non-hydrogen) atoms. The van der Waals surface area contributed by atoms with Crippen molar-refractivity contribution >= 4 is 29.3 Å². The van der Waals surface area contributed by atoms with E-state index in [1.165, 1.54) is 18.2 Å². The van der Waals surface area contributed by atoms with Crippen molar-refractivity contribution in [1.82, 2.24) is 4.90 Å². The van der Waals surface area contributed by atoms with Crippen molar-refractivity contribution in [3.05, 3.63) is 34.6 Å². The van der Waals surface area contributed by atoms with Crippen LogP contribution in [0.4, 0.5) is 4.39 Å². The predicted octanol–water partition coefficient (Wildman–Crippen LogP) is 3.76. The summed E-state index contributed by atoms with van der Waals surface area (Å²) in [5.74, 6) is -1.36. The summed E-state index contributed by atoms with van der Waals surface area (Å²) in [7, 11) is 0. The van der Waals surface area contributed by atoms with Crippen LogP contribution < -0.4 is 5.73 Å². The highest BCUT2D eigenvalue weighted by molar-refractivity contribution is 6.34. The first-order chi connectivity index (χ1) is 16.8. The second-order valence-corrected chi connectivity index (χ2v) is 10.6. The van der Waals surface area contributed by atoms with Gasteiger partial charge in [-0.05, 0) is 95.1 Å². The molecule has 1 amide bonds. The van der Waals surface area contributed by atoms with Crippen LogP contribution in [0.15, 0.2) is 18.2 Å². The van der Waals surface area contributed by atoms with Gasteiger partial charge in [0.25, 0.3) is 5.91 Å². The molecule has 1 aromatic rings. The summed E-state index contributed by atoms with van der Waals surface area (Å²) in [6.45, 7) is 3.46. The van der Waals surface area contributed by atoms with Crippen molar-refractivity contribution in [2.75, 3.05) is 32.8 Å². The molecule has 0 radical (unpaired) electrons. The minimum absolute atomic E-state index is 0.0107. The molecule has 1 aromatic carbocycles. The molecule has 0 bridgehead atoms. The Bertz CT molecular complexity index is 936. The van der Waals surface area contributed by atoms with E-state index in [0.29, 0.717) is 44.0 Å². The van der Waals surface area contributed by atoms with E-state index in [2.05, 4.69) is 4.90 Å². The summed E-state index contributed by atoms with van der Waals surface area (Å²) in [6, 6.07) is 3.93. The number of esters is 1. The van der Waals surface area contributed by atoms with Crippen LogP contribution in [0, 0.1) is 23.6 Å². The van der Waals surface area contributed by atoms with Crippen molar-refractivity contribution in [1.29, 1.82) is 0 Å². The van der Waals surface area contributed by atoms with Crippen molar-refractivity contribution in [3.8, 4) is 0 Å². The molecule has 0 spiro atoms. The molecule has 2 N–H and O–H groups in total. The Morgan fingerprint density at radius 2 is 1.83 bits per heavy atom. The first-order valence-electron chi connectivity index (χ1n) is 12.6. The first-order valence-corrected chi connectivity index (χ1v) is 13.0. The first kappa shape index (κ1) is 26.0.